The van der Waals surface area contributed by atoms with Crippen LogP contribution in [0.1, 0.15) is 23.1 Å². The Morgan fingerprint density at radius 1 is 1.09 bits per heavy atom. The summed E-state index contributed by atoms with van der Waals surface area (Å²) >= 11 is 0. The summed E-state index contributed by atoms with van der Waals surface area (Å²) in [7, 11) is 0. The molecular weight excluding hydrogens is 295 g/mol. The van der Waals surface area contributed by atoms with Crippen LogP contribution in [0, 0.1) is 11.0 Å². The molecule has 0 spiro atoms. The molecule has 23 heavy (non-hydrogen) atoms. The topological polar surface area (TPSA) is 46.4 Å². The first-order chi connectivity index (χ1) is 11.2. The third-order valence-corrected chi connectivity index (χ3v) is 4.43. The van der Waals surface area contributed by atoms with Gasteiger partial charge in [-0.25, -0.2) is 4.39 Å². The van der Waals surface area contributed by atoms with Crippen molar-refractivity contribution in [1.29, 1.82) is 0 Å². The Labute approximate surface area is 133 Å². The van der Waals surface area contributed by atoms with Crippen LogP contribution < -0.4 is 4.90 Å². The van der Waals surface area contributed by atoms with E-state index in [2.05, 4.69) is 0 Å². The first-order valence-electron chi connectivity index (χ1n) is 7.66. The van der Waals surface area contributed by atoms with Gasteiger partial charge in [-0.1, -0.05) is 24.3 Å². The molecule has 2 aliphatic rings. The summed E-state index contributed by atoms with van der Waals surface area (Å²) in [6.07, 6.45) is 1.73. The smallest absolute Gasteiger partial charge is 0.293 e. The Morgan fingerprint density at radius 3 is 2.70 bits per heavy atom. The van der Waals surface area contributed by atoms with Gasteiger partial charge in [0, 0.05) is 6.54 Å². The number of benzene rings is 2. The van der Waals surface area contributed by atoms with Crippen molar-refractivity contribution in [3.8, 4) is 0 Å². The summed E-state index contributed by atoms with van der Waals surface area (Å²) in [6.45, 7) is 0.305. The number of carbonyl (C=O) groups excluding carboxylic acids is 1. The largest absolute Gasteiger partial charge is 0.623 e. The van der Waals surface area contributed by atoms with E-state index in [0.29, 0.717) is 16.8 Å². The minimum Gasteiger partial charge on any atom is -0.623 e. The summed E-state index contributed by atoms with van der Waals surface area (Å²) in [4.78, 5) is 14.1. The lowest BCUT2D eigenvalue weighted by molar-refractivity contribution is -0.443. The molecule has 116 valence electrons. The quantitative estimate of drug-likeness (QED) is 0.600. The van der Waals surface area contributed by atoms with E-state index in [-0.39, 0.29) is 23.7 Å². The minimum absolute atomic E-state index is 0.233. The van der Waals surface area contributed by atoms with Crippen molar-refractivity contribution in [2.45, 2.75) is 12.8 Å². The molecule has 0 aliphatic carbocycles. The van der Waals surface area contributed by atoms with E-state index in [1.165, 1.54) is 6.07 Å². The number of amides is 1. The van der Waals surface area contributed by atoms with Gasteiger partial charge in [-0.3, -0.25) is 4.79 Å². The third kappa shape index (κ3) is 2.11. The van der Waals surface area contributed by atoms with Crippen molar-refractivity contribution >= 4 is 17.3 Å². The second-order valence-electron chi connectivity index (χ2n) is 5.83. The number of carbonyl (C=O) groups is 1. The van der Waals surface area contributed by atoms with Crippen LogP contribution in [0.25, 0.3) is 0 Å². The number of aryl methyl sites for hydroxylation is 1. The zero-order chi connectivity index (χ0) is 16.0. The zero-order valence-corrected chi connectivity index (χ0v) is 12.5. The standard InChI is InChI=1S/C18H15FN2O2/c19-15-9-2-1-7-13(15)18-14-8-3-5-12-6-4-10-20(17(12)14)16(22)11-21(18)23/h1-3,5,7-9H,4,6,10-11H2. The summed E-state index contributed by atoms with van der Waals surface area (Å²) in [6, 6.07) is 11.8. The van der Waals surface area contributed by atoms with Gasteiger partial charge in [0.15, 0.2) is 0 Å². The molecule has 2 aliphatic heterocycles. The van der Waals surface area contributed by atoms with Crippen molar-refractivity contribution in [2.75, 3.05) is 18.0 Å². The Morgan fingerprint density at radius 2 is 1.87 bits per heavy atom. The summed E-state index contributed by atoms with van der Waals surface area (Å²) in [5, 5.41) is 12.6. The molecule has 0 atom stereocenters. The van der Waals surface area contributed by atoms with Crippen LogP contribution >= 0.6 is 0 Å². The summed E-state index contributed by atoms with van der Waals surface area (Å²) in [5.74, 6) is -0.697. The van der Waals surface area contributed by atoms with Gasteiger partial charge in [0.2, 0.25) is 12.3 Å². The van der Waals surface area contributed by atoms with Crippen LogP contribution in [-0.2, 0) is 11.2 Å². The number of hydrogen-bond acceptors (Lipinski definition) is 2. The highest BCUT2D eigenvalue weighted by molar-refractivity contribution is 6.17. The van der Waals surface area contributed by atoms with Crippen molar-refractivity contribution in [3.63, 3.8) is 0 Å². The molecule has 1 amide bonds. The molecule has 0 saturated heterocycles. The molecule has 2 heterocycles. The lowest BCUT2D eigenvalue weighted by atomic mass is 9.93. The first-order valence-corrected chi connectivity index (χ1v) is 7.66. The number of hydrogen-bond donors (Lipinski definition) is 0. The summed E-state index contributed by atoms with van der Waals surface area (Å²) in [5.41, 5.74) is 2.90. The minimum atomic E-state index is -0.460. The van der Waals surface area contributed by atoms with Crippen LogP contribution in [0.3, 0.4) is 0 Å². The number of nitrogens with zero attached hydrogens (tertiary/aromatic N) is 2. The zero-order valence-electron chi connectivity index (χ0n) is 12.5. The maximum absolute atomic E-state index is 14.3. The molecule has 0 bridgehead atoms. The van der Waals surface area contributed by atoms with Gasteiger partial charge in [0.05, 0.1) is 16.8 Å². The molecule has 5 heteroatoms. The van der Waals surface area contributed by atoms with E-state index >= 15 is 0 Å². The van der Waals surface area contributed by atoms with Gasteiger partial charge in [0.25, 0.3) is 5.91 Å². The Bertz CT molecular complexity index is 845. The highest BCUT2D eigenvalue weighted by Gasteiger charge is 2.35. The fourth-order valence-corrected chi connectivity index (χ4v) is 3.45. The highest BCUT2D eigenvalue weighted by atomic mass is 19.1. The number of para-hydroxylation sites is 1. The van der Waals surface area contributed by atoms with Crippen molar-refractivity contribution in [1.82, 2.24) is 0 Å². The Hall–Kier alpha value is -2.69. The van der Waals surface area contributed by atoms with Gasteiger partial charge in [-0.15, -0.1) is 0 Å². The van der Waals surface area contributed by atoms with Crippen LogP contribution in [0.15, 0.2) is 42.5 Å². The molecule has 0 radical (unpaired) electrons. The molecular formula is C18H15FN2O2. The molecule has 0 aromatic heterocycles. The van der Waals surface area contributed by atoms with Gasteiger partial charge in [-0.2, -0.15) is 4.74 Å². The van der Waals surface area contributed by atoms with Crippen molar-refractivity contribution in [2.24, 2.45) is 0 Å². The molecule has 2 aromatic rings. The monoisotopic (exact) mass is 310 g/mol. The fourth-order valence-electron chi connectivity index (χ4n) is 3.45. The third-order valence-electron chi connectivity index (χ3n) is 4.43. The Balaban J connectivity index is 2.04. The Kier molecular flexibility index (Phi) is 3.15. The van der Waals surface area contributed by atoms with E-state index in [1.807, 2.05) is 12.1 Å². The SMILES string of the molecule is O=C1C[N+]([O-])=C(c2ccccc2F)c2cccc3c2N1CCC3. The van der Waals surface area contributed by atoms with E-state index < -0.39 is 5.82 Å². The van der Waals surface area contributed by atoms with Crippen LogP contribution in [0.4, 0.5) is 10.1 Å². The number of hydroxylamine groups is 1. The average Bonchev–Trinajstić information content (AvgIpc) is 2.66. The average molecular weight is 310 g/mol. The lowest BCUT2D eigenvalue weighted by Gasteiger charge is -2.28. The maximum Gasteiger partial charge on any atom is 0.293 e. The molecule has 0 N–H and O–H groups in total. The predicted molar refractivity (Wildman–Crippen MR) is 85.2 cm³/mol. The molecule has 0 fully saturated rings. The molecule has 0 unspecified atom stereocenters. The number of halogens is 1. The van der Waals surface area contributed by atoms with Crippen molar-refractivity contribution in [3.05, 3.63) is 70.2 Å². The highest BCUT2D eigenvalue weighted by Crippen LogP contribution is 2.34. The van der Waals surface area contributed by atoms with E-state index in [1.54, 1.807) is 29.2 Å². The first kappa shape index (κ1) is 13.9. The van der Waals surface area contributed by atoms with Gasteiger partial charge in [0.1, 0.15) is 5.82 Å². The summed E-state index contributed by atoms with van der Waals surface area (Å²) < 4.78 is 14.9. The van der Waals surface area contributed by atoms with E-state index in [4.69, 9.17) is 0 Å². The second kappa shape index (κ2) is 5.19. The molecule has 4 rings (SSSR count). The molecule has 0 saturated carbocycles. The molecule has 2 aromatic carbocycles. The fraction of sp³-hybridized carbons (Fsp3) is 0.222. The van der Waals surface area contributed by atoms with Crippen LogP contribution in [-0.4, -0.2) is 29.4 Å². The molecule has 4 nitrogen and oxygen atoms in total. The second-order valence-corrected chi connectivity index (χ2v) is 5.83. The predicted octanol–water partition coefficient (Wildman–Crippen LogP) is 2.47. The van der Waals surface area contributed by atoms with E-state index in [9.17, 15) is 14.4 Å². The maximum atomic E-state index is 14.3. The van der Waals surface area contributed by atoms with Gasteiger partial charge < -0.3 is 10.1 Å². The lowest BCUT2D eigenvalue weighted by Crippen LogP contribution is -2.38. The normalized spacial score (nSPS) is 17.1. The number of rotatable bonds is 1. The van der Waals surface area contributed by atoms with Crippen molar-refractivity contribution < 1.29 is 13.9 Å². The van der Waals surface area contributed by atoms with Crippen LogP contribution in [0.2, 0.25) is 0 Å². The van der Waals surface area contributed by atoms with E-state index in [0.717, 1.165) is 24.1 Å². The van der Waals surface area contributed by atoms with Gasteiger partial charge in [-0.05, 0) is 36.6 Å². The number of anilines is 1. The van der Waals surface area contributed by atoms with Gasteiger partial charge >= 0.3 is 0 Å². The van der Waals surface area contributed by atoms with Crippen LogP contribution in [0.5, 0.6) is 0 Å².